The molecule has 2 N–H and O–H groups in total. The highest BCUT2D eigenvalue weighted by Crippen LogP contribution is 2.33. The first kappa shape index (κ1) is 20.6. The highest BCUT2D eigenvalue weighted by Gasteiger charge is 2.25. The van der Waals surface area contributed by atoms with Crippen LogP contribution in [0.5, 0.6) is 0 Å². The van der Waals surface area contributed by atoms with Crippen LogP contribution in [0.15, 0.2) is 53.5 Å². The first-order chi connectivity index (χ1) is 13.2. The van der Waals surface area contributed by atoms with E-state index in [2.05, 4.69) is 52.0 Å². The van der Waals surface area contributed by atoms with Gasteiger partial charge in [0.25, 0.3) is 0 Å². The molecule has 0 saturated carbocycles. The number of nitrogens with zero attached hydrogens (tertiary/aromatic N) is 2. The predicted octanol–water partition coefficient (Wildman–Crippen LogP) is 3.44. The van der Waals surface area contributed by atoms with Gasteiger partial charge in [0.05, 0.1) is 0 Å². The van der Waals surface area contributed by atoms with E-state index >= 15 is 0 Å². The van der Waals surface area contributed by atoms with E-state index in [1.54, 1.807) is 7.05 Å². The number of guanidine groups is 1. The number of hydrogen-bond acceptors (Lipinski definition) is 2. The van der Waals surface area contributed by atoms with Crippen LogP contribution >= 0.6 is 24.0 Å². The summed E-state index contributed by atoms with van der Waals surface area (Å²) in [6.45, 7) is 2.43. The average molecular weight is 490 g/mol. The Morgan fingerprint density at radius 2 is 1.93 bits per heavy atom. The summed E-state index contributed by atoms with van der Waals surface area (Å²) in [7, 11) is 1.80. The molecule has 1 aliphatic carbocycles. The Labute approximate surface area is 183 Å². The molecule has 1 atom stereocenters. The fourth-order valence-corrected chi connectivity index (χ4v) is 3.89. The zero-order valence-electron chi connectivity index (χ0n) is 16.1. The van der Waals surface area contributed by atoms with Gasteiger partial charge in [0.2, 0.25) is 5.91 Å². The maximum Gasteiger partial charge on any atom is 0.227 e. The fraction of sp³-hybridized carbons (Fsp3) is 0.364. The Kier molecular flexibility index (Phi) is 6.93. The Hall–Kier alpha value is -2.09. The fourth-order valence-electron chi connectivity index (χ4n) is 3.89. The maximum absolute atomic E-state index is 11.8. The smallest absolute Gasteiger partial charge is 0.227 e. The van der Waals surface area contributed by atoms with Crippen molar-refractivity contribution in [3.05, 3.63) is 65.2 Å². The largest absolute Gasteiger partial charge is 0.356 e. The lowest BCUT2D eigenvalue weighted by atomic mass is 9.78. The Morgan fingerprint density at radius 3 is 2.61 bits per heavy atom. The van der Waals surface area contributed by atoms with Crippen molar-refractivity contribution in [1.29, 1.82) is 0 Å². The van der Waals surface area contributed by atoms with Gasteiger partial charge >= 0.3 is 0 Å². The van der Waals surface area contributed by atoms with Crippen LogP contribution in [0.2, 0.25) is 0 Å². The van der Waals surface area contributed by atoms with E-state index in [1.807, 2.05) is 17.0 Å². The zero-order chi connectivity index (χ0) is 18.6. The van der Waals surface area contributed by atoms with E-state index in [4.69, 9.17) is 0 Å². The number of benzene rings is 2. The van der Waals surface area contributed by atoms with Crippen molar-refractivity contribution in [3.8, 4) is 0 Å². The SMILES string of the molecule is CN=C(NCc1ccc(N2CCCC2=O)cc1)NCC1Cc2ccccc21.I. The summed E-state index contributed by atoms with van der Waals surface area (Å²) in [6, 6.07) is 16.8. The second kappa shape index (κ2) is 9.41. The highest BCUT2D eigenvalue weighted by atomic mass is 127. The van der Waals surface area contributed by atoms with Crippen molar-refractivity contribution in [3.63, 3.8) is 0 Å². The summed E-state index contributed by atoms with van der Waals surface area (Å²) in [5, 5.41) is 6.80. The van der Waals surface area contributed by atoms with Crippen molar-refractivity contribution in [2.24, 2.45) is 4.99 Å². The first-order valence-corrected chi connectivity index (χ1v) is 9.66. The van der Waals surface area contributed by atoms with Gasteiger partial charge in [0.15, 0.2) is 5.96 Å². The van der Waals surface area contributed by atoms with Crippen LogP contribution in [0.4, 0.5) is 5.69 Å². The molecule has 0 bridgehead atoms. The molecule has 5 nitrogen and oxygen atoms in total. The van der Waals surface area contributed by atoms with Gasteiger partial charge in [-0.1, -0.05) is 36.4 Å². The highest BCUT2D eigenvalue weighted by molar-refractivity contribution is 14.0. The number of aliphatic imine (C=N–C) groups is 1. The molecule has 2 aromatic rings. The maximum atomic E-state index is 11.8. The number of halogens is 1. The van der Waals surface area contributed by atoms with Crippen molar-refractivity contribution in [2.75, 3.05) is 25.0 Å². The third kappa shape index (κ3) is 4.48. The summed E-state index contributed by atoms with van der Waals surface area (Å²) >= 11 is 0. The van der Waals surface area contributed by atoms with Crippen LogP contribution in [0.3, 0.4) is 0 Å². The summed E-state index contributed by atoms with van der Waals surface area (Å²) in [4.78, 5) is 18.0. The summed E-state index contributed by atoms with van der Waals surface area (Å²) in [5.74, 6) is 1.61. The molecule has 28 heavy (non-hydrogen) atoms. The van der Waals surface area contributed by atoms with Gasteiger partial charge in [-0.05, 0) is 41.7 Å². The van der Waals surface area contributed by atoms with E-state index in [-0.39, 0.29) is 29.9 Å². The molecule has 1 aliphatic heterocycles. The molecule has 0 radical (unpaired) electrons. The lowest BCUT2D eigenvalue weighted by Crippen LogP contribution is -2.40. The number of anilines is 1. The van der Waals surface area contributed by atoms with E-state index in [9.17, 15) is 4.79 Å². The Bertz CT molecular complexity index is 850. The van der Waals surface area contributed by atoms with E-state index < -0.39 is 0 Å². The van der Waals surface area contributed by atoms with Crippen LogP contribution in [-0.2, 0) is 17.8 Å². The molecule has 6 heteroatoms. The molecule has 4 rings (SSSR count). The normalized spacial score (nSPS) is 18.2. The molecule has 1 amide bonds. The molecule has 2 aliphatic rings. The first-order valence-electron chi connectivity index (χ1n) is 9.66. The van der Waals surface area contributed by atoms with E-state index in [0.29, 0.717) is 18.9 Å². The molecule has 1 fully saturated rings. The van der Waals surface area contributed by atoms with Gasteiger partial charge in [0, 0.05) is 44.7 Å². The van der Waals surface area contributed by atoms with Crippen LogP contribution in [0, 0.1) is 0 Å². The van der Waals surface area contributed by atoms with Crippen LogP contribution in [0.1, 0.15) is 35.4 Å². The second-order valence-electron chi connectivity index (χ2n) is 7.22. The third-order valence-electron chi connectivity index (χ3n) is 5.48. The van der Waals surface area contributed by atoms with Crippen molar-refractivity contribution in [2.45, 2.75) is 31.7 Å². The summed E-state index contributed by atoms with van der Waals surface area (Å²) in [5.41, 5.74) is 5.08. The number of hydrogen-bond donors (Lipinski definition) is 2. The molecular weight excluding hydrogens is 463 g/mol. The van der Waals surface area contributed by atoms with Crippen LogP contribution < -0.4 is 15.5 Å². The third-order valence-corrected chi connectivity index (χ3v) is 5.48. The quantitative estimate of drug-likeness (QED) is 0.384. The predicted molar refractivity (Wildman–Crippen MR) is 125 cm³/mol. The Morgan fingerprint density at radius 1 is 1.14 bits per heavy atom. The molecule has 2 aromatic carbocycles. The number of nitrogens with one attached hydrogen (secondary N) is 2. The minimum absolute atomic E-state index is 0. The van der Waals surface area contributed by atoms with Crippen molar-refractivity contribution >= 4 is 41.5 Å². The molecule has 1 heterocycles. The number of fused-ring (bicyclic) bond motifs is 1. The molecule has 0 aromatic heterocycles. The van der Waals surface area contributed by atoms with E-state index in [1.165, 1.54) is 16.7 Å². The molecule has 148 valence electrons. The van der Waals surface area contributed by atoms with Gasteiger partial charge in [-0.25, -0.2) is 0 Å². The minimum Gasteiger partial charge on any atom is -0.356 e. The summed E-state index contributed by atoms with van der Waals surface area (Å²) < 4.78 is 0. The van der Waals surface area contributed by atoms with Crippen molar-refractivity contribution in [1.82, 2.24) is 10.6 Å². The van der Waals surface area contributed by atoms with E-state index in [0.717, 1.165) is 37.6 Å². The summed E-state index contributed by atoms with van der Waals surface area (Å²) in [6.07, 6.45) is 2.75. The number of carbonyl (C=O) groups excluding carboxylic acids is 1. The molecular formula is C22H27IN4O. The number of rotatable bonds is 5. The average Bonchev–Trinajstić information content (AvgIpc) is 3.11. The topological polar surface area (TPSA) is 56.7 Å². The minimum atomic E-state index is 0. The number of carbonyl (C=O) groups is 1. The lowest BCUT2D eigenvalue weighted by molar-refractivity contribution is -0.117. The van der Waals surface area contributed by atoms with Gasteiger partial charge < -0.3 is 15.5 Å². The second-order valence-corrected chi connectivity index (χ2v) is 7.22. The monoisotopic (exact) mass is 490 g/mol. The lowest BCUT2D eigenvalue weighted by Gasteiger charge is -2.30. The molecule has 1 saturated heterocycles. The standard InChI is InChI=1S/C22H26N4O.HI/c1-23-22(25-15-18-13-17-5-2-3-6-20(17)18)24-14-16-8-10-19(11-9-16)26-12-4-7-21(26)27;/h2-3,5-6,8-11,18H,4,7,12-15H2,1H3,(H2,23,24,25);1H. The molecule has 1 unspecified atom stereocenters. The zero-order valence-corrected chi connectivity index (χ0v) is 18.5. The van der Waals surface area contributed by atoms with Crippen molar-refractivity contribution < 1.29 is 4.79 Å². The van der Waals surface area contributed by atoms with Crippen LogP contribution in [-0.4, -0.2) is 32.0 Å². The Balaban J connectivity index is 0.00000225. The van der Waals surface area contributed by atoms with Gasteiger partial charge in [-0.15, -0.1) is 24.0 Å². The van der Waals surface area contributed by atoms with Gasteiger partial charge in [-0.3, -0.25) is 9.79 Å². The number of amides is 1. The molecule has 0 spiro atoms. The van der Waals surface area contributed by atoms with Crippen LogP contribution in [0.25, 0.3) is 0 Å². The van der Waals surface area contributed by atoms with Gasteiger partial charge in [-0.2, -0.15) is 0 Å². The van der Waals surface area contributed by atoms with Gasteiger partial charge in [0.1, 0.15) is 0 Å².